The molecule has 0 aromatic heterocycles. The molecular formula is C16H23N3O4. The van der Waals surface area contributed by atoms with Crippen LogP contribution < -0.4 is 10.2 Å². The Morgan fingerprint density at radius 1 is 1.39 bits per heavy atom. The summed E-state index contributed by atoms with van der Waals surface area (Å²) in [5, 5.41) is 23.2. The van der Waals surface area contributed by atoms with E-state index in [1.165, 1.54) is 6.07 Å². The quantitative estimate of drug-likeness (QED) is 0.616. The third kappa shape index (κ3) is 3.98. The van der Waals surface area contributed by atoms with Crippen molar-refractivity contribution in [2.45, 2.75) is 32.7 Å². The molecule has 7 nitrogen and oxygen atoms in total. The lowest BCUT2D eigenvalue weighted by molar-refractivity contribution is -0.384. The van der Waals surface area contributed by atoms with E-state index < -0.39 is 4.92 Å². The Kier molecular flexibility index (Phi) is 5.54. The van der Waals surface area contributed by atoms with Crippen LogP contribution in [0.15, 0.2) is 18.2 Å². The van der Waals surface area contributed by atoms with Crippen molar-refractivity contribution in [3.63, 3.8) is 0 Å². The molecule has 1 aliphatic rings. The summed E-state index contributed by atoms with van der Waals surface area (Å²) in [5.74, 6) is -0.452. The van der Waals surface area contributed by atoms with Crippen molar-refractivity contribution >= 4 is 17.3 Å². The molecule has 0 radical (unpaired) electrons. The Bertz CT molecular complexity index is 585. The van der Waals surface area contributed by atoms with Crippen LogP contribution in [0.25, 0.3) is 0 Å². The highest BCUT2D eigenvalue weighted by molar-refractivity contribution is 5.96. The maximum Gasteiger partial charge on any atom is 0.293 e. The minimum atomic E-state index is -0.440. The Morgan fingerprint density at radius 2 is 2.04 bits per heavy atom. The second-order valence-corrected chi connectivity index (χ2v) is 6.08. The van der Waals surface area contributed by atoms with Crippen molar-refractivity contribution in [1.29, 1.82) is 0 Å². The number of benzene rings is 1. The fraction of sp³-hybridized carbons (Fsp3) is 0.562. The minimum Gasteiger partial charge on any atom is -0.396 e. The topological polar surface area (TPSA) is 95.7 Å². The molecule has 1 aromatic carbocycles. The van der Waals surface area contributed by atoms with Crippen LogP contribution in [-0.2, 0) is 0 Å². The summed E-state index contributed by atoms with van der Waals surface area (Å²) in [6, 6.07) is 4.38. The first-order valence-corrected chi connectivity index (χ1v) is 7.89. The molecule has 0 spiro atoms. The molecule has 1 fully saturated rings. The van der Waals surface area contributed by atoms with E-state index in [9.17, 15) is 14.9 Å². The van der Waals surface area contributed by atoms with Gasteiger partial charge in [0, 0.05) is 37.4 Å². The highest BCUT2D eigenvalue weighted by Gasteiger charge is 2.24. The molecule has 1 saturated heterocycles. The van der Waals surface area contributed by atoms with Gasteiger partial charge in [-0.25, -0.2) is 0 Å². The number of aliphatic hydroxyl groups is 1. The standard InChI is InChI=1S/C16H23N3O4/c1-11(10-20)12(2)17-16(21)13-5-6-14(15(9-13)19(22)23)18-7-3-4-8-18/h5-6,9,11-12,20H,3-4,7-8,10H2,1-2H3,(H,17,21). The van der Waals surface area contributed by atoms with Gasteiger partial charge in [0.2, 0.25) is 0 Å². The second kappa shape index (κ2) is 7.41. The summed E-state index contributed by atoms with van der Waals surface area (Å²) in [6.07, 6.45) is 2.05. The number of nitro benzene ring substituents is 1. The maximum absolute atomic E-state index is 12.3. The van der Waals surface area contributed by atoms with Crippen molar-refractivity contribution in [3.05, 3.63) is 33.9 Å². The number of hydrogen-bond acceptors (Lipinski definition) is 5. The van der Waals surface area contributed by atoms with Crippen LogP contribution in [0.1, 0.15) is 37.0 Å². The molecule has 2 N–H and O–H groups in total. The first-order valence-electron chi connectivity index (χ1n) is 7.89. The number of nitrogens with one attached hydrogen (secondary N) is 1. The van der Waals surface area contributed by atoms with Gasteiger partial charge in [-0.2, -0.15) is 0 Å². The van der Waals surface area contributed by atoms with Crippen molar-refractivity contribution < 1.29 is 14.8 Å². The van der Waals surface area contributed by atoms with Gasteiger partial charge in [-0.05, 0) is 37.8 Å². The van der Waals surface area contributed by atoms with Crippen molar-refractivity contribution in [1.82, 2.24) is 5.32 Å². The monoisotopic (exact) mass is 321 g/mol. The van der Waals surface area contributed by atoms with Crippen LogP contribution in [0.5, 0.6) is 0 Å². The predicted octanol–water partition coefficient (Wildman–Crippen LogP) is 1.94. The number of anilines is 1. The average molecular weight is 321 g/mol. The van der Waals surface area contributed by atoms with Gasteiger partial charge in [-0.1, -0.05) is 6.92 Å². The van der Waals surface area contributed by atoms with Crippen molar-refractivity contribution in [2.75, 3.05) is 24.6 Å². The molecule has 1 amide bonds. The molecule has 1 aliphatic heterocycles. The first-order chi connectivity index (χ1) is 10.9. The normalized spacial score (nSPS) is 16.9. The number of nitro groups is 1. The van der Waals surface area contributed by atoms with E-state index in [-0.39, 0.29) is 35.7 Å². The van der Waals surface area contributed by atoms with Crippen molar-refractivity contribution in [3.8, 4) is 0 Å². The third-order valence-corrected chi connectivity index (χ3v) is 4.38. The van der Waals surface area contributed by atoms with E-state index in [0.29, 0.717) is 5.69 Å². The molecular weight excluding hydrogens is 298 g/mol. The molecule has 126 valence electrons. The van der Waals surface area contributed by atoms with Crippen molar-refractivity contribution in [2.24, 2.45) is 5.92 Å². The van der Waals surface area contributed by atoms with Gasteiger partial charge in [0.25, 0.3) is 11.6 Å². The maximum atomic E-state index is 12.3. The summed E-state index contributed by atoms with van der Waals surface area (Å²) in [7, 11) is 0. The largest absolute Gasteiger partial charge is 0.396 e. The fourth-order valence-electron chi connectivity index (χ4n) is 2.63. The average Bonchev–Trinajstić information content (AvgIpc) is 3.07. The Labute approximate surface area is 135 Å². The number of amides is 1. The molecule has 0 aliphatic carbocycles. The first kappa shape index (κ1) is 17.2. The summed E-state index contributed by atoms with van der Waals surface area (Å²) in [6.45, 7) is 5.19. The molecule has 0 saturated carbocycles. The molecule has 7 heteroatoms. The molecule has 2 atom stereocenters. The van der Waals surface area contributed by atoms with Crippen LogP contribution in [0.3, 0.4) is 0 Å². The van der Waals surface area contributed by atoms with Crippen LogP contribution in [0.2, 0.25) is 0 Å². The van der Waals surface area contributed by atoms with Gasteiger partial charge in [0.15, 0.2) is 0 Å². The van der Waals surface area contributed by atoms with Gasteiger partial charge < -0.3 is 15.3 Å². The summed E-state index contributed by atoms with van der Waals surface area (Å²) in [5.41, 5.74) is 0.792. The molecule has 2 unspecified atom stereocenters. The summed E-state index contributed by atoms with van der Waals surface area (Å²) >= 11 is 0. The number of nitrogens with zero attached hydrogens (tertiary/aromatic N) is 2. The lowest BCUT2D eigenvalue weighted by atomic mass is 10.0. The van der Waals surface area contributed by atoms with E-state index >= 15 is 0 Å². The van der Waals surface area contributed by atoms with Gasteiger partial charge in [-0.15, -0.1) is 0 Å². The zero-order valence-electron chi connectivity index (χ0n) is 13.5. The predicted molar refractivity (Wildman–Crippen MR) is 87.7 cm³/mol. The highest BCUT2D eigenvalue weighted by Crippen LogP contribution is 2.31. The molecule has 23 heavy (non-hydrogen) atoms. The van der Waals surface area contributed by atoms with E-state index in [2.05, 4.69) is 5.32 Å². The van der Waals surface area contributed by atoms with Crippen LogP contribution in [-0.4, -0.2) is 41.7 Å². The zero-order chi connectivity index (χ0) is 17.0. The van der Waals surface area contributed by atoms with Crippen LogP contribution >= 0.6 is 0 Å². The van der Waals surface area contributed by atoms with Crippen LogP contribution in [0.4, 0.5) is 11.4 Å². The second-order valence-electron chi connectivity index (χ2n) is 6.08. The Balaban J connectivity index is 2.21. The number of rotatable bonds is 6. The fourth-order valence-corrected chi connectivity index (χ4v) is 2.63. The minimum absolute atomic E-state index is 0.0322. The highest BCUT2D eigenvalue weighted by atomic mass is 16.6. The van der Waals surface area contributed by atoms with Gasteiger partial charge in [-0.3, -0.25) is 14.9 Å². The zero-order valence-corrected chi connectivity index (χ0v) is 13.5. The lowest BCUT2D eigenvalue weighted by Gasteiger charge is -2.20. The number of carbonyl (C=O) groups is 1. The van der Waals surface area contributed by atoms with E-state index in [1.807, 2.05) is 11.8 Å². The number of hydrogen-bond donors (Lipinski definition) is 2. The van der Waals surface area contributed by atoms with Gasteiger partial charge in [0.05, 0.1) is 4.92 Å². The summed E-state index contributed by atoms with van der Waals surface area (Å²) in [4.78, 5) is 25.1. The SMILES string of the molecule is CC(CO)C(C)NC(=O)c1ccc(N2CCCC2)c([N+](=O)[O-])c1. The summed E-state index contributed by atoms with van der Waals surface area (Å²) < 4.78 is 0. The molecule has 0 bridgehead atoms. The molecule has 2 rings (SSSR count). The number of carbonyl (C=O) groups excluding carboxylic acids is 1. The molecule has 1 heterocycles. The van der Waals surface area contributed by atoms with E-state index in [4.69, 9.17) is 5.11 Å². The smallest absolute Gasteiger partial charge is 0.293 e. The molecule has 1 aromatic rings. The lowest BCUT2D eigenvalue weighted by Crippen LogP contribution is -2.38. The number of aliphatic hydroxyl groups excluding tert-OH is 1. The van der Waals surface area contributed by atoms with Gasteiger partial charge in [0.1, 0.15) is 5.69 Å². The van der Waals surface area contributed by atoms with E-state index in [0.717, 1.165) is 25.9 Å². The third-order valence-electron chi connectivity index (χ3n) is 4.38. The van der Waals surface area contributed by atoms with E-state index in [1.54, 1.807) is 19.1 Å². The van der Waals surface area contributed by atoms with Gasteiger partial charge >= 0.3 is 0 Å². The Hall–Kier alpha value is -2.15. The Morgan fingerprint density at radius 3 is 2.61 bits per heavy atom. The van der Waals surface area contributed by atoms with Crippen LogP contribution in [0, 0.1) is 16.0 Å².